The standard InChI is InChI=1S/C17H23NO5/c1-17(2,3)23-16(20)18-9-10-22-11-14(18)12-5-7-13(8-6-12)15(19)21-4/h5-8,14H,9-11H2,1-4H3. The van der Waals surface area contributed by atoms with Gasteiger partial charge < -0.3 is 14.2 Å². The molecule has 1 heterocycles. The fourth-order valence-corrected chi connectivity index (χ4v) is 2.38. The third-order valence-corrected chi connectivity index (χ3v) is 3.47. The number of hydrogen-bond acceptors (Lipinski definition) is 5. The molecule has 0 radical (unpaired) electrons. The number of methoxy groups -OCH3 is 1. The van der Waals surface area contributed by atoms with Gasteiger partial charge in [0, 0.05) is 6.54 Å². The zero-order valence-corrected chi connectivity index (χ0v) is 14.0. The van der Waals surface area contributed by atoms with Crippen LogP contribution in [0.3, 0.4) is 0 Å². The molecule has 1 amide bonds. The Morgan fingerprint density at radius 1 is 1.22 bits per heavy atom. The summed E-state index contributed by atoms with van der Waals surface area (Å²) in [6.45, 7) is 6.87. The third kappa shape index (κ3) is 4.45. The second-order valence-corrected chi connectivity index (χ2v) is 6.38. The molecular formula is C17H23NO5. The second kappa shape index (κ2) is 7.00. The molecule has 1 saturated heterocycles. The fourth-order valence-electron chi connectivity index (χ4n) is 2.38. The summed E-state index contributed by atoms with van der Waals surface area (Å²) < 4.78 is 15.7. The summed E-state index contributed by atoms with van der Waals surface area (Å²) >= 11 is 0. The number of carbonyl (C=O) groups is 2. The fraction of sp³-hybridized carbons (Fsp3) is 0.529. The maximum Gasteiger partial charge on any atom is 0.410 e. The van der Waals surface area contributed by atoms with Crippen molar-refractivity contribution in [2.45, 2.75) is 32.4 Å². The van der Waals surface area contributed by atoms with Crippen molar-refractivity contribution in [3.8, 4) is 0 Å². The molecule has 0 N–H and O–H groups in total. The van der Waals surface area contributed by atoms with Crippen LogP contribution in [-0.4, -0.2) is 49.4 Å². The zero-order chi connectivity index (χ0) is 17.0. The van der Waals surface area contributed by atoms with E-state index in [0.29, 0.717) is 25.3 Å². The van der Waals surface area contributed by atoms with E-state index in [1.807, 2.05) is 32.9 Å². The Bertz CT molecular complexity index is 561. The predicted octanol–water partition coefficient (Wildman–Crippen LogP) is 2.78. The van der Waals surface area contributed by atoms with Crippen LogP contribution < -0.4 is 0 Å². The molecule has 0 saturated carbocycles. The first-order valence-corrected chi connectivity index (χ1v) is 7.57. The summed E-state index contributed by atoms with van der Waals surface area (Å²) in [5, 5.41) is 0. The maximum absolute atomic E-state index is 12.4. The Balaban J connectivity index is 2.17. The molecule has 1 aromatic rings. The van der Waals surface area contributed by atoms with Gasteiger partial charge in [0.15, 0.2) is 0 Å². The molecule has 0 aliphatic carbocycles. The van der Waals surface area contributed by atoms with Crippen LogP contribution >= 0.6 is 0 Å². The number of hydrogen-bond donors (Lipinski definition) is 0. The van der Waals surface area contributed by atoms with Crippen molar-refractivity contribution < 1.29 is 23.8 Å². The number of rotatable bonds is 2. The molecule has 1 atom stereocenters. The Morgan fingerprint density at radius 3 is 2.43 bits per heavy atom. The highest BCUT2D eigenvalue weighted by molar-refractivity contribution is 5.89. The van der Waals surface area contributed by atoms with Gasteiger partial charge in [-0.2, -0.15) is 0 Å². The van der Waals surface area contributed by atoms with Gasteiger partial charge in [0.2, 0.25) is 0 Å². The molecule has 126 valence electrons. The first-order valence-electron chi connectivity index (χ1n) is 7.57. The average Bonchev–Trinajstić information content (AvgIpc) is 2.52. The molecular weight excluding hydrogens is 298 g/mol. The molecule has 0 bridgehead atoms. The van der Waals surface area contributed by atoms with E-state index in [4.69, 9.17) is 9.47 Å². The highest BCUT2D eigenvalue weighted by atomic mass is 16.6. The lowest BCUT2D eigenvalue weighted by Gasteiger charge is -2.36. The minimum absolute atomic E-state index is 0.231. The molecule has 1 fully saturated rings. The summed E-state index contributed by atoms with van der Waals surface area (Å²) in [4.78, 5) is 25.6. The average molecular weight is 321 g/mol. The van der Waals surface area contributed by atoms with Crippen LogP contribution in [0.15, 0.2) is 24.3 Å². The largest absolute Gasteiger partial charge is 0.465 e. The SMILES string of the molecule is COC(=O)c1ccc(C2COCCN2C(=O)OC(C)(C)C)cc1. The second-order valence-electron chi connectivity index (χ2n) is 6.38. The third-order valence-electron chi connectivity index (χ3n) is 3.47. The van der Waals surface area contributed by atoms with Crippen molar-refractivity contribution in [2.75, 3.05) is 26.9 Å². The van der Waals surface area contributed by atoms with Crippen LogP contribution in [0.1, 0.15) is 42.7 Å². The molecule has 1 aliphatic heterocycles. The van der Waals surface area contributed by atoms with Crippen LogP contribution in [0.5, 0.6) is 0 Å². The predicted molar refractivity (Wildman–Crippen MR) is 84.3 cm³/mol. The first kappa shape index (κ1) is 17.3. The zero-order valence-electron chi connectivity index (χ0n) is 14.0. The van der Waals surface area contributed by atoms with Crippen LogP contribution in [0.25, 0.3) is 0 Å². The van der Waals surface area contributed by atoms with E-state index in [9.17, 15) is 9.59 Å². The highest BCUT2D eigenvalue weighted by Crippen LogP contribution is 2.26. The monoisotopic (exact) mass is 321 g/mol. The van der Waals surface area contributed by atoms with Gasteiger partial charge in [-0.25, -0.2) is 9.59 Å². The van der Waals surface area contributed by atoms with Crippen molar-refractivity contribution in [2.24, 2.45) is 0 Å². The van der Waals surface area contributed by atoms with Crippen molar-refractivity contribution in [3.63, 3.8) is 0 Å². The quantitative estimate of drug-likeness (QED) is 0.784. The molecule has 23 heavy (non-hydrogen) atoms. The molecule has 1 unspecified atom stereocenters. The van der Waals surface area contributed by atoms with Crippen molar-refractivity contribution in [1.29, 1.82) is 0 Å². The lowest BCUT2D eigenvalue weighted by Crippen LogP contribution is -2.45. The van der Waals surface area contributed by atoms with E-state index in [1.54, 1.807) is 17.0 Å². The highest BCUT2D eigenvalue weighted by Gasteiger charge is 2.32. The van der Waals surface area contributed by atoms with Crippen molar-refractivity contribution in [3.05, 3.63) is 35.4 Å². The number of carbonyl (C=O) groups excluding carboxylic acids is 2. The Kier molecular flexibility index (Phi) is 5.26. The number of amides is 1. The van der Waals surface area contributed by atoms with Gasteiger partial charge in [0.25, 0.3) is 0 Å². The molecule has 6 nitrogen and oxygen atoms in total. The van der Waals surface area contributed by atoms with Gasteiger partial charge in [-0.3, -0.25) is 4.90 Å². The van der Waals surface area contributed by atoms with Gasteiger partial charge in [-0.05, 0) is 38.5 Å². The molecule has 6 heteroatoms. The van der Waals surface area contributed by atoms with Crippen LogP contribution in [0.2, 0.25) is 0 Å². The van der Waals surface area contributed by atoms with Gasteiger partial charge in [-0.15, -0.1) is 0 Å². The summed E-state index contributed by atoms with van der Waals surface area (Å²) in [5.41, 5.74) is 0.814. The normalized spacial score (nSPS) is 18.4. The number of ether oxygens (including phenoxy) is 3. The maximum atomic E-state index is 12.4. The first-order chi connectivity index (χ1) is 10.8. The lowest BCUT2D eigenvalue weighted by atomic mass is 10.0. The van der Waals surface area contributed by atoms with Crippen molar-refractivity contribution >= 4 is 12.1 Å². The smallest absolute Gasteiger partial charge is 0.410 e. The van der Waals surface area contributed by atoms with Gasteiger partial charge in [-0.1, -0.05) is 12.1 Å². The van der Waals surface area contributed by atoms with E-state index >= 15 is 0 Å². The van der Waals surface area contributed by atoms with Crippen molar-refractivity contribution in [1.82, 2.24) is 4.90 Å². The topological polar surface area (TPSA) is 65.1 Å². The van der Waals surface area contributed by atoms with E-state index in [0.717, 1.165) is 5.56 Å². The molecule has 2 rings (SSSR count). The number of nitrogens with zero attached hydrogens (tertiary/aromatic N) is 1. The van der Waals surface area contributed by atoms with Gasteiger partial charge in [0.1, 0.15) is 5.60 Å². The van der Waals surface area contributed by atoms with E-state index in [1.165, 1.54) is 7.11 Å². The Hall–Kier alpha value is -2.08. The lowest BCUT2D eigenvalue weighted by molar-refractivity contribution is -0.0331. The van der Waals surface area contributed by atoms with Crippen LogP contribution in [-0.2, 0) is 14.2 Å². The summed E-state index contributed by atoms with van der Waals surface area (Å²) in [7, 11) is 1.34. The molecule has 0 aromatic heterocycles. The molecule has 1 aromatic carbocycles. The Morgan fingerprint density at radius 2 is 1.87 bits per heavy atom. The summed E-state index contributed by atoms with van der Waals surface area (Å²) in [5.74, 6) is -0.388. The van der Waals surface area contributed by atoms with Gasteiger partial charge >= 0.3 is 12.1 Å². The minimum Gasteiger partial charge on any atom is -0.465 e. The van der Waals surface area contributed by atoms with Crippen LogP contribution in [0, 0.1) is 0 Å². The number of morpholine rings is 1. The van der Waals surface area contributed by atoms with Crippen LogP contribution in [0.4, 0.5) is 4.79 Å². The van der Waals surface area contributed by atoms with E-state index in [-0.39, 0.29) is 18.1 Å². The summed E-state index contributed by atoms with van der Waals surface area (Å²) in [6, 6.07) is 6.75. The minimum atomic E-state index is -0.547. The Labute approximate surface area is 136 Å². The number of benzene rings is 1. The van der Waals surface area contributed by atoms with E-state index in [2.05, 4.69) is 4.74 Å². The van der Waals surface area contributed by atoms with E-state index < -0.39 is 5.60 Å². The molecule has 0 spiro atoms. The summed E-state index contributed by atoms with van der Waals surface area (Å²) in [6.07, 6.45) is -0.358. The van der Waals surface area contributed by atoms with Gasteiger partial charge in [0.05, 0.1) is 31.9 Å². The number of esters is 1. The molecule has 1 aliphatic rings.